The molecule has 0 aliphatic rings. The van der Waals surface area contributed by atoms with Crippen LogP contribution in [-0.4, -0.2) is 49.3 Å². The predicted molar refractivity (Wildman–Crippen MR) is 238 cm³/mol. The van der Waals surface area contributed by atoms with E-state index in [0.29, 0.717) is 12.8 Å². The monoisotopic (exact) mass is 818 g/mol. The lowest BCUT2D eigenvalue weighted by Crippen LogP contribution is -2.29. The van der Waals surface area contributed by atoms with Gasteiger partial charge in [-0.3, -0.25) is 18.6 Å². The van der Waals surface area contributed by atoms with Crippen LogP contribution in [0.4, 0.5) is 0 Å². The van der Waals surface area contributed by atoms with Crippen molar-refractivity contribution in [2.75, 3.05) is 26.4 Å². The van der Waals surface area contributed by atoms with Crippen LogP contribution in [-0.2, 0) is 32.7 Å². The van der Waals surface area contributed by atoms with E-state index >= 15 is 0 Å². The van der Waals surface area contributed by atoms with Crippen LogP contribution in [0.15, 0.2) is 85.1 Å². The van der Waals surface area contributed by atoms with Crippen molar-refractivity contribution in [3.63, 3.8) is 0 Å². The quantitative estimate of drug-likeness (QED) is 0.0268. The second-order valence-electron chi connectivity index (χ2n) is 14.2. The van der Waals surface area contributed by atoms with E-state index < -0.39 is 32.5 Å². The lowest BCUT2D eigenvalue weighted by molar-refractivity contribution is -0.161. The SMILES string of the molecule is CCCCC/C=C/C/C=C/C/C=C/C/C=C/CCCCCC(=O)O[C@H](COC(=O)CCC/C=C/C/C=C/C/C=C/CCCCCCCC)COP(=O)(O)OCCN. The molecule has 0 aromatic rings. The lowest BCUT2D eigenvalue weighted by Gasteiger charge is -2.19. The average molecular weight is 818 g/mol. The maximum absolute atomic E-state index is 12.6. The van der Waals surface area contributed by atoms with Crippen LogP contribution in [0, 0.1) is 0 Å². The van der Waals surface area contributed by atoms with Gasteiger partial charge in [-0.25, -0.2) is 4.57 Å². The summed E-state index contributed by atoms with van der Waals surface area (Å²) in [6.45, 7) is 3.58. The highest BCUT2D eigenvalue weighted by Crippen LogP contribution is 2.43. The Morgan fingerprint density at radius 3 is 1.44 bits per heavy atom. The number of phosphoric acid groups is 1. The Balaban J connectivity index is 4.32. The number of carbonyl (C=O) groups is 2. The molecule has 0 spiro atoms. The number of unbranched alkanes of at least 4 members (excludes halogenated alkanes) is 13. The minimum absolute atomic E-state index is 0.0369. The maximum atomic E-state index is 12.6. The topological polar surface area (TPSA) is 134 Å². The second kappa shape index (κ2) is 42.8. The van der Waals surface area contributed by atoms with Crippen LogP contribution < -0.4 is 5.73 Å². The minimum Gasteiger partial charge on any atom is -0.462 e. The van der Waals surface area contributed by atoms with E-state index in [1.807, 2.05) is 0 Å². The number of hydrogen-bond donors (Lipinski definition) is 2. The van der Waals surface area contributed by atoms with Crippen LogP contribution in [0.5, 0.6) is 0 Å². The fraction of sp³-hybridized carbons (Fsp3) is 0.660. The number of nitrogens with two attached hydrogens (primary N) is 1. The summed E-state index contributed by atoms with van der Waals surface area (Å²) in [7, 11) is -4.40. The maximum Gasteiger partial charge on any atom is 0.472 e. The van der Waals surface area contributed by atoms with Gasteiger partial charge in [0.15, 0.2) is 6.10 Å². The van der Waals surface area contributed by atoms with Crippen molar-refractivity contribution < 1.29 is 37.6 Å². The summed E-state index contributed by atoms with van der Waals surface area (Å²) in [6.07, 6.45) is 53.3. The van der Waals surface area contributed by atoms with Gasteiger partial charge in [0.25, 0.3) is 0 Å². The van der Waals surface area contributed by atoms with Crippen molar-refractivity contribution in [1.82, 2.24) is 0 Å². The molecule has 0 aliphatic heterocycles. The first-order chi connectivity index (χ1) is 27.8. The molecule has 0 bridgehead atoms. The summed E-state index contributed by atoms with van der Waals surface area (Å²) in [6, 6.07) is 0. The Kier molecular flexibility index (Phi) is 40.7. The van der Waals surface area contributed by atoms with E-state index in [4.69, 9.17) is 24.3 Å². The molecule has 9 nitrogen and oxygen atoms in total. The van der Waals surface area contributed by atoms with Crippen molar-refractivity contribution in [2.45, 2.75) is 174 Å². The van der Waals surface area contributed by atoms with Gasteiger partial charge in [-0.15, -0.1) is 0 Å². The molecule has 0 heterocycles. The van der Waals surface area contributed by atoms with Crippen LogP contribution >= 0.6 is 7.82 Å². The molecule has 326 valence electrons. The Morgan fingerprint density at radius 2 is 0.930 bits per heavy atom. The zero-order chi connectivity index (χ0) is 41.8. The van der Waals surface area contributed by atoms with Crippen molar-refractivity contribution in [1.29, 1.82) is 0 Å². The zero-order valence-electron chi connectivity index (χ0n) is 35.8. The molecular weight excluding hydrogens is 737 g/mol. The van der Waals surface area contributed by atoms with Gasteiger partial charge in [0.1, 0.15) is 6.61 Å². The normalized spacial score (nSPS) is 14.1. The molecule has 10 heteroatoms. The van der Waals surface area contributed by atoms with E-state index in [1.165, 1.54) is 64.2 Å². The Labute approximate surface area is 347 Å². The highest BCUT2D eigenvalue weighted by atomic mass is 31.2. The van der Waals surface area contributed by atoms with Crippen molar-refractivity contribution in [3.8, 4) is 0 Å². The first-order valence-electron chi connectivity index (χ1n) is 22.1. The van der Waals surface area contributed by atoms with Gasteiger partial charge in [0.2, 0.25) is 0 Å². The molecule has 0 rings (SSSR count). The summed E-state index contributed by atoms with van der Waals surface area (Å²) < 4.78 is 32.7. The highest BCUT2D eigenvalue weighted by Gasteiger charge is 2.25. The van der Waals surface area contributed by atoms with Crippen LogP contribution in [0.1, 0.15) is 168 Å². The number of rotatable bonds is 40. The molecule has 0 aromatic carbocycles. The number of phosphoric ester groups is 1. The molecule has 0 fully saturated rings. The molecule has 0 amide bonds. The fourth-order valence-corrected chi connectivity index (χ4v) is 6.22. The van der Waals surface area contributed by atoms with Crippen molar-refractivity contribution in [3.05, 3.63) is 85.1 Å². The Hall–Kier alpha value is -2.81. The van der Waals surface area contributed by atoms with Gasteiger partial charge in [0.05, 0.1) is 13.2 Å². The van der Waals surface area contributed by atoms with E-state index in [1.54, 1.807) is 0 Å². The molecule has 0 radical (unpaired) electrons. The van der Waals surface area contributed by atoms with E-state index in [9.17, 15) is 19.0 Å². The third-order valence-corrected chi connectivity index (χ3v) is 9.74. The van der Waals surface area contributed by atoms with Crippen molar-refractivity contribution in [2.24, 2.45) is 5.73 Å². The Morgan fingerprint density at radius 1 is 0.526 bits per heavy atom. The number of allylic oxidation sites excluding steroid dienone is 14. The van der Waals surface area contributed by atoms with Gasteiger partial charge < -0.3 is 20.1 Å². The molecule has 0 saturated carbocycles. The molecule has 1 unspecified atom stereocenters. The van der Waals surface area contributed by atoms with Gasteiger partial charge in [-0.05, 0) is 89.9 Å². The molecule has 57 heavy (non-hydrogen) atoms. The van der Waals surface area contributed by atoms with E-state index in [0.717, 1.165) is 64.2 Å². The Bertz CT molecular complexity index is 1210. The predicted octanol–water partition coefficient (Wildman–Crippen LogP) is 12.8. The molecule has 0 aliphatic carbocycles. The van der Waals surface area contributed by atoms with E-state index in [-0.39, 0.29) is 32.6 Å². The zero-order valence-corrected chi connectivity index (χ0v) is 36.7. The van der Waals surface area contributed by atoms with Crippen LogP contribution in [0.2, 0.25) is 0 Å². The highest BCUT2D eigenvalue weighted by molar-refractivity contribution is 7.47. The molecule has 0 saturated heterocycles. The van der Waals surface area contributed by atoms with Crippen LogP contribution in [0.25, 0.3) is 0 Å². The number of hydrogen-bond acceptors (Lipinski definition) is 8. The third-order valence-electron chi connectivity index (χ3n) is 8.75. The summed E-state index contributed by atoms with van der Waals surface area (Å²) in [4.78, 5) is 34.9. The molecular formula is C47H80NO8P. The molecule has 2 atom stereocenters. The smallest absolute Gasteiger partial charge is 0.462 e. The largest absolute Gasteiger partial charge is 0.472 e. The number of esters is 2. The van der Waals surface area contributed by atoms with Crippen LogP contribution in [0.3, 0.4) is 0 Å². The van der Waals surface area contributed by atoms with E-state index in [2.05, 4.69) is 98.9 Å². The number of carbonyl (C=O) groups excluding carboxylic acids is 2. The molecule has 0 aromatic heterocycles. The van der Waals surface area contributed by atoms with Crippen molar-refractivity contribution >= 4 is 19.8 Å². The summed E-state index contributed by atoms with van der Waals surface area (Å²) in [5.41, 5.74) is 5.34. The van der Waals surface area contributed by atoms with Gasteiger partial charge >= 0.3 is 19.8 Å². The summed E-state index contributed by atoms with van der Waals surface area (Å²) >= 11 is 0. The fourth-order valence-electron chi connectivity index (χ4n) is 5.46. The van der Waals surface area contributed by atoms with Gasteiger partial charge in [-0.2, -0.15) is 0 Å². The lowest BCUT2D eigenvalue weighted by atomic mass is 10.1. The second-order valence-corrected chi connectivity index (χ2v) is 15.7. The minimum atomic E-state index is -4.40. The summed E-state index contributed by atoms with van der Waals surface area (Å²) in [5, 5.41) is 0. The first kappa shape index (κ1) is 54.2. The molecule has 3 N–H and O–H groups in total. The standard InChI is InChI=1S/C47H80NO8P/c1-3-5-7-9-11-13-15-17-19-21-22-24-26-28-30-32-34-36-38-40-47(50)56-45(44-55-57(51,52)54-42-41-48)43-53-46(49)39-37-35-33-31-29-27-25-23-20-18-16-14-12-10-8-6-4-2/h11,13,17-20,22,24-25,27-28,30-31,33,45H,3-10,12,14-16,21,23,26,29,32,34-44,48H2,1-2H3,(H,51,52)/b13-11+,19-17+,20-18+,24-22+,27-25+,30-28+,33-31+/t45-/m1/s1. The average Bonchev–Trinajstić information content (AvgIpc) is 3.20. The third kappa shape index (κ3) is 42.6. The number of ether oxygens (including phenoxy) is 2. The van der Waals surface area contributed by atoms with Gasteiger partial charge in [0, 0.05) is 19.4 Å². The van der Waals surface area contributed by atoms with Gasteiger partial charge in [-0.1, -0.05) is 150 Å². The summed E-state index contributed by atoms with van der Waals surface area (Å²) in [5.74, 6) is -0.933. The first-order valence-corrected chi connectivity index (χ1v) is 23.6.